The fourth-order valence-corrected chi connectivity index (χ4v) is 0.713. The van der Waals surface area contributed by atoms with Gasteiger partial charge >= 0.3 is 6.18 Å². The fraction of sp³-hybridized carbons (Fsp3) is 0.143. The number of phenols is 1. The van der Waals surface area contributed by atoms with Gasteiger partial charge in [-0.15, -0.1) is 17.0 Å². The van der Waals surface area contributed by atoms with E-state index in [9.17, 15) is 13.2 Å². The Kier molecular flexibility index (Phi) is 3.57. The van der Waals surface area contributed by atoms with E-state index in [4.69, 9.17) is 5.11 Å². The molecule has 0 bridgehead atoms. The molecule has 0 radical (unpaired) electrons. The van der Waals surface area contributed by atoms with Crippen LogP contribution in [0.15, 0.2) is 24.3 Å². The van der Waals surface area contributed by atoms with Crippen molar-refractivity contribution >= 4 is 17.0 Å². The van der Waals surface area contributed by atoms with Crippen molar-refractivity contribution in [1.29, 1.82) is 0 Å². The monoisotopic (exact) mass is 242 g/mol. The summed E-state index contributed by atoms with van der Waals surface area (Å²) in [5.74, 6) is -0.736. The summed E-state index contributed by atoms with van der Waals surface area (Å²) >= 11 is 0. The zero-order valence-electron chi connectivity index (χ0n) is 5.80. The van der Waals surface area contributed by atoms with Gasteiger partial charge in [-0.1, -0.05) is 12.1 Å². The number of rotatable bonds is 0. The molecule has 1 rings (SSSR count). The SMILES string of the molecule is Br.Oc1ccccc1C(F)(F)F. The van der Waals surface area contributed by atoms with Gasteiger partial charge in [0.25, 0.3) is 0 Å². The first-order valence-corrected chi connectivity index (χ1v) is 2.87. The molecule has 0 saturated heterocycles. The topological polar surface area (TPSA) is 20.2 Å². The van der Waals surface area contributed by atoms with Crippen molar-refractivity contribution in [3.05, 3.63) is 29.8 Å². The van der Waals surface area contributed by atoms with Crippen molar-refractivity contribution in [2.75, 3.05) is 0 Å². The van der Waals surface area contributed by atoms with E-state index in [0.717, 1.165) is 12.1 Å². The molecule has 0 heterocycles. The van der Waals surface area contributed by atoms with Crippen LogP contribution < -0.4 is 0 Å². The normalized spacial score (nSPS) is 10.6. The van der Waals surface area contributed by atoms with Crippen LogP contribution in [0.5, 0.6) is 5.75 Å². The van der Waals surface area contributed by atoms with Crippen molar-refractivity contribution < 1.29 is 18.3 Å². The molecule has 1 nitrogen and oxygen atoms in total. The maximum absolute atomic E-state index is 11.9. The van der Waals surface area contributed by atoms with Crippen molar-refractivity contribution in [1.82, 2.24) is 0 Å². The molecule has 0 amide bonds. The Morgan fingerprint density at radius 3 is 1.92 bits per heavy atom. The van der Waals surface area contributed by atoms with Crippen LogP contribution in [-0.2, 0) is 6.18 Å². The van der Waals surface area contributed by atoms with Gasteiger partial charge in [0.05, 0.1) is 5.56 Å². The molecule has 12 heavy (non-hydrogen) atoms. The molecule has 1 N–H and O–H groups in total. The van der Waals surface area contributed by atoms with Gasteiger partial charge in [0.2, 0.25) is 0 Å². The van der Waals surface area contributed by atoms with E-state index in [2.05, 4.69) is 0 Å². The highest BCUT2D eigenvalue weighted by atomic mass is 79.9. The van der Waals surface area contributed by atoms with Gasteiger partial charge in [-0.05, 0) is 12.1 Å². The van der Waals surface area contributed by atoms with E-state index in [0.29, 0.717) is 0 Å². The Hall–Kier alpha value is -0.710. The largest absolute Gasteiger partial charge is 0.507 e. The number of benzene rings is 1. The molecular formula is C7H6BrF3O. The summed E-state index contributed by atoms with van der Waals surface area (Å²) in [4.78, 5) is 0. The Labute approximate surface area is 77.6 Å². The summed E-state index contributed by atoms with van der Waals surface area (Å²) < 4.78 is 35.7. The second-order valence-corrected chi connectivity index (χ2v) is 2.01. The van der Waals surface area contributed by atoms with Crippen molar-refractivity contribution in [2.45, 2.75) is 6.18 Å². The number of halogens is 4. The average Bonchev–Trinajstić information content (AvgIpc) is 1.86. The van der Waals surface area contributed by atoms with E-state index in [1.165, 1.54) is 12.1 Å². The van der Waals surface area contributed by atoms with E-state index in [-0.39, 0.29) is 17.0 Å². The molecule has 0 fully saturated rings. The smallest absolute Gasteiger partial charge is 0.419 e. The molecule has 0 saturated carbocycles. The Balaban J connectivity index is 0.00000121. The molecule has 1 aromatic rings. The molecular weight excluding hydrogens is 237 g/mol. The number of hydrogen-bond donors (Lipinski definition) is 1. The predicted molar refractivity (Wildman–Crippen MR) is 43.4 cm³/mol. The maximum atomic E-state index is 11.9. The van der Waals surface area contributed by atoms with Gasteiger partial charge < -0.3 is 5.11 Å². The highest BCUT2D eigenvalue weighted by Gasteiger charge is 2.33. The number of hydrogen-bond acceptors (Lipinski definition) is 1. The molecule has 5 heteroatoms. The van der Waals surface area contributed by atoms with Crippen LogP contribution in [0.1, 0.15) is 5.56 Å². The third-order valence-electron chi connectivity index (χ3n) is 1.21. The van der Waals surface area contributed by atoms with E-state index in [1.807, 2.05) is 0 Å². The van der Waals surface area contributed by atoms with Gasteiger partial charge in [-0.25, -0.2) is 0 Å². The van der Waals surface area contributed by atoms with Crippen LogP contribution in [-0.4, -0.2) is 5.11 Å². The van der Waals surface area contributed by atoms with Crippen LogP contribution in [0.2, 0.25) is 0 Å². The van der Waals surface area contributed by atoms with Gasteiger partial charge in [0, 0.05) is 0 Å². The molecule has 0 aliphatic heterocycles. The average molecular weight is 243 g/mol. The summed E-state index contributed by atoms with van der Waals surface area (Å²) in [5.41, 5.74) is -1.000. The Morgan fingerprint density at radius 1 is 1.08 bits per heavy atom. The summed E-state index contributed by atoms with van der Waals surface area (Å²) in [6, 6.07) is 4.39. The van der Waals surface area contributed by atoms with Gasteiger partial charge in [0.15, 0.2) is 0 Å². The summed E-state index contributed by atoms with van der Waals surface area (Å²) in [6.07, 6.45) is -4.47. The standard InChI is InChI=1S/C7H5F3O.BrH/c8-7(9,10)5-3-1-2-4-6(5)11;/h1-4,11H;1H. The summed E-state index contributed by atoms with van der Waals surface area (Å²) in [7, 11) is 0. The summed E-state index contributed by atoms with van der Waals surface area (Å²) in [6.45, 7) is 0. The number of phenolic OH excluding ortho intramolecular Hbond substituents is 1. The second kappa shape index (κ2) is 3.80. The highest BCUT2D eigenvalue weighted by Crippen LogP contribution is 2.34. The molecule has 0 atom stereocenters. The first-order valence-electron chi connectivity index (χ1n) is 2.87. The number of aromatic hydroxyl groups is 1. The molecule has 1 aromatic carbocycles. The van der Waals surface area contributed by atoms with Crippen LogP contribution in [0.4, 0.5) is 13.2 Å². The first-order chi connectivity index (χ1) is 5.02. The minimum atomic E-state index is -4.47. The maximum Gasteiger partial charge on any atom is 0.419 e. The van der Waals surface area contributed by atoms with Gasteiger partial charge in [-0.2, -0.15) is 13.2 Å². The van der Waals surface area contributed by atoms with Crippen LogP contribution >= 0.6 is 17.0 Å². The van der Waals surface area contributed by atoms with E-state index in [1.54, 1.807) is 0 Å². The lowest BCUT2D eigenvalue weighted by Gasteiger charge is -2.06. The van der Waals surface area contributed by atoms with Gasteiger partial charge in [0.1, 0.15) is 5.75 Å². The minimum Gasteiger partial charge on any atom is -0.507 e. The molecule has 0 aromatic heterocycles. The Morgan fingerprint density at radius 2 is 1.58 bits per heavy atom. The highest BCUT2D eigenvalue weighted by molar-refractivity contribution is 8.93. The van der Waals surface area contributed by atoms with Crippen LogP contribution in [0.3, 0.4) is 0 Å². The first kappa shape index (κ1) is 11.3. The molecule has 0 spiro atoms. The van der Waals surface area contributed by atoms with E-state index >= 15 is 0 Å². The molecule has 68 valence electrons. The molecule has 0 unspecified atom stereocenters. The Bertz CT molecular complexity index is 259. The van der Waals surface area contributed by atoms with Crippen molar-refractivity contribution in [2.24, 2.45) is 0 Å². The van der Waals surface area contributed by atoms with Crippen molar-refractivity contribution in [3.8, 4) is 5.75 Å². The number of alkyl halides is 3. The van der Waals surface area contributed by atoms with Crippen molar-refractivity contribution in [3.63, 3.8) is 0 Å². The lowest BCUT2D eigenvalue weighted by atomic mass is 10.2. The zero-order chi connectivity index (χ0) is 8.48. The number of para-hydroxylation sites is 1. The van der Waals surface area contributed by atoms with E-state index < -0.39 is 17.5 Å². The second-order valence-electron chi connectivity index (χ2n) is 2.01. The van der Waals surface area contributed by atoms with Gasteiger partial charge in [-0.3, -0.25) is 0 Å². The van der Waals surface area contributed by atoms with Crippen LogP contribution in [0.25, 0.3) is 0 Å². The lowest BCUT2D eigenvalue weighted by molar-refractivity contribution is -0.138. The fourth-order valence-electron chi connectivity index (χ4n) is 0.713. The van der Waals surface area contributed by atoms with Crippen LogP contribution in [0, 0.1) is 0 Å². The quantitative estimate of drug-likeness (QED) is 0.742. The summed E-state index contributed by atoms with van der Waals surface area (Å²) in [5, 5.41) is 8.73. The third-order valence-corrected chi connectivity index (χ3v) is 1.21. The predicted octanol–water partition coefficient (Wildman–Crippen LogP) is 2.99. The molecule has 0 aliphatic carbocycles. The lowest BCUT2D eigenvalue weighted by Crippen LogP contribution is -2.04. The zero-order valence-corrected chi connectivity index (χ0v) is 7.51. The minimum absolute atomic E-state index is 0. The molecule has 0 aliphatic rings. The third kappa shape index (κ3) is 2.41.